The van der Waals surface area contributed by atoms with Crippen LogP contribution in [0.2, 0.25) is 0 Å². The summed E-state index contributed by atoms with van der Waals surface area (Å²) >= 11 is 0. The van der Waals surface area contributed by atoms with Gasteiger partial charge in [-0.2, -0.15) is 5.10 Å². The van der Waals surface area contributed by atoms with E-state index in [9.17, 15) is 0 Å². The molecular formula is C13H26N4O. The Balaban J connectivity index is 2.69. The van der Waals surface area contributed by atoms with Gasteiger partial charge in [0.05, 0.1) is 5.69 Å². The van der Waals surface area contributed by atoms with Crippen LogP contribution < -0.4 is 11.1 Å². The molecule has 5 heteroatoms. The summed E-state index contributed by atoms with van der Waals surface area (Å²) in [6, 6.07) is 0.484. The van der Waals surface area contributed by atoms with Crippen molar-refractivity contribution in [1.29, 1.82) is 0 Å². The first-order chi connectivity index (χ1) is 8.62. The molecule has 0 spiro atoms. The molecule has 2 unspecified atom stereocenters. The number of nitrogens with zero attached hydrogens (tertiary/aromatic N) is 2. The molecule has 0 saturated heterocycles. The van der Waals surface area contributed by atoms with Gasteiger partial charge >= 0.3 is 0 Å². The lowest BCUT2D eigenvalue weighted by Gasteiger charge is -2.22. The monoisotopic (exact) mass is 254 g/mol. The van der Waals surface area contributed by atoms with E-state index in [1.807, 2.05) is 17.9 Å². The van der Waals surface area contributed by atoms with E-state index in [-0.39, 0.29) is 12.6 Å². The first kappa shape index (κ1) is 15.1. The predicted octanol–water partition coefficient (Wildman–Crippen LogP) is 0.733. The SMILES string of the molecule is CCc1nn(C)cc1C(CN)NC(C)CCCO. The molecule has 0 amide bonds. The lowest BCUT2D eigenvalue weighted by molar-refractivity contribution is 0.274. The van der Waals surface area contributed by atoms with Gasteiger partial charge in [-0.1, -0.05) is 6.92 Å². The van der Waals surface area contributed by atoms with Crippen molar-refractivity contribution >= 4 is 0 Å². The first-order valence-electron chi connectivity index (χ1n) is 6.71. The number of aryl methyl sites for hydroxylation is 2. The maximum absolute atomic E-state index is 8.84. The third-order valence-corrected chi connectivity index (χ3v) is 3.16. The zero-order valence-electron chi connectivity index (χ0n) is 11.7. The number of rotatable bonds is 8. The maximum atomic E-state index is 8.84. The van der Waals surface area contributed by atoms with Gasteiger partial charge in [0.2, 0.25) is 0 Å². The fourth-order valence-corrected chi connectivity index (χ4v) is 2.23. The van der Waals surface area contributed by atoms with Crippen LogP contribution in [0.15, 0.2) is 6.20 Å². The molecule has 2 atom stereocenters. The molecule has 0 aliphatic heterocycles. The Morgan fingerprint density at radius 3 is 2.83 bits per heavy atom. The van der Waals surface area contributed by atoms with Crippen molar-refractivity contribution in [2.24, 2.45) is 12.8 Å². The Labute approximate surface area is 109 Å². The van der Waals surface area contributed by atoms with Gasteiger partial charge in [0, 0.05) is 44.0 Å². The molecule has 0 aliphatic rings. The number of aliphatic hydroxyl groups excluding tert-OH is 1. The van der Waals surface area contributed by atoms with E-state index in [0.717, 1.165) is 25.0 Å². The summed E-state index contributed by atoms with van der Waals surface area (Å²) in [5.41, 5.74) is 8.16. The summed E-state index contributed by atoms with van der Waals surface area (Å²) in [5, 5.41) is 16.8. The third kappa shape index (κ3) is 4.08. The van der Waals surface area contributed by atoms with E-state index in [0.29, 0.717) is 12.6 Å². The van der Waals surface area contributed by atoms with Gasteiger partial charge in [-0.15, -0.1) is 0 Å². The molecule has 104 valence electrons. The number of aromatic nitrogens is 2. The third-order valence-electron chi connectivity index (χ3n) is 3.16. The minimum Gasteiger partial charge on any atom is -0.396 e. The minimum absolute atomic E-state index is 0.141. The van der Waals surface area contributed by atoms with Crippen molar-refractivity contribution in [1.82, 2.24) is 15.1 Å². The van der Waals surface area contributed by atoms with E-state index in [4.69, 9.17) is 10.8 Å². The van der Waals surface area contributed by atoms with Gasteiger partial charge in [0.25, 0.3) is 0 Å². The highest BCUT2D eigenvalue weighted by atomic mass is 16.2. The van der Waals surface area contributed by atoms with Gasteiger partial charge in [0.15, 0.2) is 0 Å². The van der Waals surface area contributed by atoms with Gasteiger partial charge in [-0.05, 0) is 26.2 Å². The molecule has 1 aromatic rings. The zero-order chi connectivity index (χ0) is 13.5. The van der Waals surface area contributed by atoms with Gasteiger partial charge in [-0.3, -0.25) is 4.68 Å². The van der Waals surface area contributed by atoms with Crippen LogP contribution in [0, 0.1) is 0 Å². The van der Waals surface area contributed by atoms with Crippen LogP contribution in [-0.4, -0.2) is 34.1 Å². The van der Waals surface area contributed by atoms with Crippen molar-refractivity contribution < 1.29 is 5.11 Å². The van der Waals surface area contributed by atoms with E-state index >= 15 is 0 Å². The highest BCUT2D eigenvalue weighted by Crippen LogP contribution is 2.18. The number of hydrogen-bond acceptors (Lipinski definition) is 4. The van der Waals surface area contributed by atoms with Crippen LogP contribution >= 0.6 is 0 Å². The van der Waals surface area contributed by atoms with E-state index in [1.54, 1.807) is 0 Å². The molecule has 5 nitrogen and oxygen atoms in total. The number of aliphatic hydroxyl groups is 1. The second kappa shape index (κ2) is 7.51. The first-order valence-corrected chi connectivity index (χ1v) is 6.71. The molecule has 1 rings (SSSR count). The molecule has 0 saturated carbocycles. The van der Waals surface area contributed by atoms with Crippen molar-refractivity contribution in [3.05, 3.63) is 17.5 Å². The number of hydrogen-bond donors (Lipinski definition) is 3. The highest BCUT2D eigenvalue weighted by Gasteiger charge is 2.18. The second-order valence-electron chi connectivity index (χ2n) is 4.78. The van der Waals surface area contributed by atoms with Crippen LogP contribution in [0.3, 0.4) is 0 Å². The summed E-state index contributed by atoms with van der Waals surface area (Å²) in [4.78, 5) is 0. The molecule has 0 fully saturated rings. The minimum atomic E-state index is 0.141. The van der Waals surface area contributed by atoms with Crippen LogP contribution in [0.5, 0.6) is 0 Å². The van der Waals surface area contributed by atoms with E-state index in [1.165, 1.54) is 5.56 Å². The highest BCUT2D eigenvalue weighted by molar-refractivity contribution is 5.22. The summed E-state index contributed by atoms with van der Waals surface area (Å²) in [5.74, 6) is 0. The molecule has 0 aromatic carbocycles. The zero-order valence-corrected chi connectivity index (χ0v) is 11.7. The molecule has 4 N–H and O–H groups in total. The number of nitrogens with two attached hydrogens (primary N) is 1. The van der Waals surface area contributed by atoms with Gasteiger partial charge in [-0.25, -0.2) is 0 Å². The Morgan fingerprint density at radius 1 is 1.56 bits per heavy atom. The predicted molar refractivity (Wildman–Crippen MR) is 73.3 cm³/mol. The van der Waals surface area contributed by atoms with E-state index < -0.39 is 0 Å². The number of nitrogens with one attached hydrogen (secondary N) is 1. The molecule has 0 bridgehead atoms. The Morgan fingerprint density at radius 2 is 2.28 bits per heavy atom. The molecule has 0 radical (unpaired) electrons. The largest absolute Gasteiger partial charge is 0.396 e. The van der Waals surface area contributed by atoms with E-state index in [2.05, 4.69) is 24.3 Å². The standard InChI is InChI=1S/C13H26N4O/c1-4-12-11(9-17(3)16-12)13(8-14)15-10(2)6-5-7-18/h9-10,13,15,18H,4-8,14H2,1-3H3. The Hall–Kier alpha value is -0.910. The van der Waals surface area contributed by atoms with Crippen LogP contribution in [0.25, 0.3) is 0 Å². The molecule has 18 heavy (non-hydrogen) atoms. The van der Waals surface area contributed by atoms with Crippen LogP contribution in [0.4, 0.5) is 0 Å². The molecule has 0 aliphatic carbocycles. The summed E-state index contributed by atoms with van der Waals surface area (Å²) < 4.78 is 1.84. The molecule has 1 aromatic heterocycles. The van der Waals surface area contributed by atoms with Gasteiger partial charge in [0.1, 0.15) is 0 Å². The maximum Gasteiger partial charge on any atom is 0.0670 e. The van der Waals surface area contributed by atoms with Crippen molar-refractivity contribution in [3.63, 3.8) is 0 Å². The van der Waals surface area contributed by atoms with Crippen molar-refractivity contribution in [3.8, 4) is 0 Å². The summed E-state index contributed by atoms with van der Waals surface area (Å²) in [6.07, 6.45) is 4.73. The summed E-state index contributed by atoms with van der Waals surface area (Å²) in [6.45, 7) is 5.03. The summed E-state index contributed by atoms with van der Waals surface area (Å²) in [7, 11) is 1.94. The topological polar surface area (TPSA) is 76.1 Å². The lowest BCUT2D eigenvalue weighted by Crippen LogP contribution is -2.35. The molecular weight excluding hydrogens is 228 g/mol. The average molecular weight is 254 g/mol. The van der Waals surface area contributed by atoms with Crippen LogP contribution in [0.1, 0.15) is 44.0 Å². The van der Waals surface area contributed by atoms with Crippen LogP contribution in [-0.2, 0) is 13.5 Å². The fraction of sp³-hybridized carbons (Fsp3) is 0.769. The average Bonchev–Trinajstić information content (AvgIpc) is 2.74. The Kier molecular flexibility index (Phi) is 6.32. The van der Waals surface area contributed by atoms with Crippen molar-refractivity contribution in [2.45, 2.75) is 45.2 Å². The van der Waals surface area contributed by atoms with Crippen molar-refractivity contribution in [2.75, 3.05) is 13.2 Å². The molecule has 1 heterocycles. The quantitative estimate of drug-likeness (QED) is 0.639. The lowest BCUT2D eigenvalue weighted by atomic mass is 10.0. The second-order valence-corrected chi connectivity index (χ2v) is 4.78. The normalized spacial score (nSPS) is 14.7. The van der Waals surface area contributed by atoms with Gasteiger partial charge < -0.3 is 16.2 Å². The Bertz CT molecular complexity index is 351. The fourth-order valence-electron chi connectivity index (χ4n) is 2.23. The smallest absolute Gasteiger partial charge is 0.0670 e.